The highest BCUT2D eigenvalue weighted by Gasteiger charge is 2.21. The zero-order chi connectivity index (χ0) is 19.8. The molecule has 0 saturated heterocycles. The van der Waals surface area contributed by atoms with Gasteiger partial charge in [-0.1, -0.05) is 17.4 Å². The van der Waals surface area contributed by atoms with E-state index in [1.165, 1.54) is 47.7 Å². The molecule has 0 unspecified atom stereocenters. The van der Waals surface area contributed by atoms with E-state index in [0.29, 0.717) is 10.2 Å². The van der Waals surface area contributed by atoms with E-state index in [2.05, 4.69) is 10.3 Å². The third kappa shape index (κ3) is 3.81. The van der Waals surface area contributed by atoms with E-state index in [-0.39, 0.29) is 21.3 Å². The van der Waals surface area contributed by atoms with E-state index < -0.39 is 25.9 Å². The van der Waals surface area contributed by atoms with Crippen molar-refractivity contribution < 1.29 is 18.1 Å². The molecule has 140 valence electrons. The minimum Gasteiger partial charge on any atom is -0.298 e. The summed E-state index contributed by atoms with van der Waals surface area (Å²) in [4.78, 5) is 27.0. The molecule has 0 saturated carbocycles. The molecular weight excluding hydrogens is 390 g/mol. The lowest BCUT2D eigenvalue weighted by atomic mass is 10.2. The number of nitro benzene ring substituents is 1. The van der Waals surface area contributed by atoms with Crippen LogP contribution in [0.5, 0.6) is 0 Å². The molecule has 0 fully saturated rings. The fraction of sp³-hybridized carbons (Fsp3) is 0.176. The Morgan fingerprint density at radius 1 is 1.22 bits per heavy atom. The molecule has 3 aromatic rings. The van der Waals surface area contributed by atoms with Crippen LogP contribution in [0.2, 0.25) is 0 Å². The number of amides is 1. The number of carbonyl (C=O) groups excluding carboxylic acids is 1. The maximum Gasteiger partial charge on any atom is 0.271 e. The highest BCUT2D eigenvalue weighted by Crippen LogP contribution is 2.29. The fourth-order valence-electron chi connectivity index (χ4n) is 2.34. The van der Waals surface area contributed by atoms with Gasteiger partial charge in [0.15, 0.2) is 15.0 Å². The van der Waals surface area contributed by atoms with Gasteiger partial charge in [0.2, 0.25) is 0 Å². The van der Waals surface area contributed by atoms with Gasteiger partial charge in [0.25, 0.3) is 11.6 Å². The Kier molecular flexibility index (Phi) is 4.94. The third-order valence-corrected chi connectivity index (χ3v) is 6.95. The SMILES string of the molecule is CC(C)S(=O)(=O)c1cccc(C(=O)Nc2nc3cc([N+](=O)[O-])ccc3s2)c1. The van der Waals surface area contributed by atoms with Crippen LogP contribution in [0.1, 0.15) is 24.2 Å². The molecular formula is C17H15N3O5S2. The fourth-order valence-corrected chi connectivity index (χ4v) is 4.28. The lowest BCUT2D eigenvalue weighted by Crippen LogP contribution is -2.16. The number of thiazole rings is 1. The quantitative estimate of drug-likeness (QED) is 0.511. The summed E-state index contributed by atoms with van der Waals surface area (Å²) in [6.45, 7) is 3.14. The average molecular weight is 405 g/mol. The predicted molar refractivity (Wildman–Crippen MR) is 103 cm³/mol. The van der Waals surface area contributed by atoms with Gasteiger partial charge >= 0.3 is 0 Å². The molecule has 10 heteroatoms. The average Bonchev–Trinajstić information content (AvgIpc) is 3.02. The molecule has 0 spiro atoms. The topological polar surface area (TPSA) is 119 Å². The van der Waals surface area contributed by atoms with Gasteiger partial charge in [-0.3, -0.25) is 20.2 Å². The maximum absolute atomic E-state index is 12.5. The molecule has 1 N–H and O–H groups in total. The van der Waals surface area contributed by atoms with Crippen LogP contribution in [-0.2, 0) is 9.84 Å². The van der Waals surface area contributed by atoms with Crippen molar-refractivity contribution in [2.75, 3.05) is 5.32 Å². The van der Waals surface area contributed by atoms with Crippen LogP contribution in [0.3, 0.4) is 0 Å². The number of fused-ring (bicyclic) bond motifs is 1. The van der Waals surface area contributed by atoms with Crippen molar-refractivity contribution in [1.82, 2.24) is 4.98 Å². The number of hydrogen-bond acceptors (Lipinski definition) is 7. The van der Waals surface area contributed by atoms with Gasteiger partial charge in [0, 0.05) is 17.7 Å². The van der Waals surface area contributed by atoms with Gasteiger partial charge in [-0.2, -0.15) is 0 Å². The van der Waals surface area contributed by atoms with E-state index in [1.54, 1.807) is 19.9 Å². The van der Waals surface area contributed by atoms with Crippen molar-refractivity contribution in [3.05, 3.63) is 58.1 Å². The van der Waals surface area contributed by atoms with Gasteiger partial charge < -0.3 is 0 Å². The molecule has 0 radical (unpaired) electrons. The van der Waals surface area contributed by atoms with Crippen molar-refractivity contribution in [3.63, 3.8) is 0 Å². The van der Waals surface area contributed by atoms with Gasteiger partial charge in [0.1, 0.15) is 0 Å². The van der Waals surface area contributed by atoms with E-state index in [4.69, 9.17) is 0 Å². The number of nitrogens with one attached hydrogen (secondary N) is 1. The lowest BCUT2D eigenvalue weighted by Gasteiger charge is -2.09. The number of carbonyl (C=O) groups is 1. The minimum atomic E-state index is -3.50. The lowest BCUT2D eigenvalue weighted by molar-refractivity contribution is -0.384. The molecule has 1 amide bonds. The molecule has 3 rings (SSSR count). The number of aromatic nitrogens is 1. The summed E-state index contributed by atoms with van der Waals surface area (Å²) >= 11 is 1.17. The molecule has 0 atom stereocenters. The maximum atomic E-state index is 12.5. The number of benzene rings is 2. The second kappa shape index (κ2) is 7.05. The van der Waals surface area contributed by atoms with E-state index in [9.17, 15) is 23.3 Å². The number of anilines is 1. The largest absolute Gasteiger partial charge is 0.298 e. The number of non-ortho nitro benzene ring substituents is 1. The summed E-state index contributed by atoms with van der Waals surface area (Å²) < 4.78 is 25.2. The molecule has 0 aliphatic rings. The van der Waals surface area contributed by atoms with Crippen molar-refractivity contribution in [2.45, 2.75) is 24.0 Å². The van der Waals surface area contributed by atoms with Crippen LogP contribution in [0.4, 0.5) is 10.8 Å². The molecule has 0 aliphatic heterocycles. The summed E-state index contributed by atoms with van der Waals surface area (Å²) in [5, 5.41) is 13.1. The van der Waals surface area contributed by atoms with Crippen LogP contribution in [0.25, 0.3) is 10.2 Å². The summed E-state index contributed by atoms with van der Waals surface area (Å²) in [6.07, 6.45) is 0. The Balaban J connectivity index is 1.87. The first-order valence-corrected chi connectivity index (χ1v) is 10.2. The van der Waals surface area contributed by atoms with Crippen molar-refractivity contribution in [1.29, 1.82) is 0 Å². The van der Waals surface area contributed by atoms with Gasteiger partial charge in [-0.15, -0.1) is 0 Å². The number of rotatable bonds is 5. The summed E-state index contributed by atoms with van der Waals surface area (Å²) in [7, 11) is -3.50. The highest BCUT2D eigenvalue weighted by molar-refractivity contribution is 7.92. The molecule has 1 heterocycles. The molecule has 0 bridgehead atoms. The molecule has 0 aliphatic carbocycles. The zero-order valence-corrected chi connectivity index (χ0v) is 16.0. The van der Waals surface area contributed by atoms with E-state index in [0.717, 1.165) is 0 Å². The van der Waals surface area contributed by atoms with Crippen LogP contribution >= 0.6 is 11.3 Å². The molecule has 27 heavy (non-hydrogen) atoms. The second-order valence-corrected chi connectivity index (χ2v) is 9.54. The van der Waals surface area contributed by atoms with Crippen LogP contribution < -0.4 is 5.32 Å². The normalized spacial score (nSPS) is 11.7. The van der Waals surface area contributed by atoms with Crippen LogP contribution in [0.15, 0.2) is 47.4 Å². The van der Waals surface area contributed by atoms with E-state index >= 15 is 0 Å². The first kappa shape index (κ1) is 18.9. The Labute approximate surface area is 158 Å². The van der Waals surface area contributed by atoms with Crippen molar-refractivity contribution in [2.24, 2.45) is 0 Å². The van der Waals surface area contributed by atoms with Crippen molar-refractivity contribution in [3.8, 4) is 0 Å². The number of hydrogen-bond donors (Lipinski definition) is 1. The first-order valence-electron chi connectivity index (χ1n) is 7.89. The summed E-state index contributed by atoms with van der Waals surface area (Å²) in [6, 6.07) is 10.0. The Bertz CT molecular complexity index is 1150. The number of sulfone groups is 1. The van der Waals surface area contributed by atoms with Gasteiger partial charge in [-0.25, -0.2) is 13.4 Å². The minimum absolute atomic E-state index is 0.0741. The smallest absolute Gasteiger partial charge is 0.271 e. The Hall–Kier alpha value is -2.85. The molecule has 2 aromatic carbocycles. The Morgan fingerprint density at radius 3 is 2.63 bits per heavy atom. The third-order valence-electron chi connectivity index (χ3n) is 3.85. The first-order chi connectivity index (χ1) is 12.7. The van der Waals surface area contributed by atoms with Crippen LogP contribution in [-0.4, -0.2) is 29.5 Å². The van der Waals surface area contributed by atoms with Crippen molar-refractivity contribution >= 4 is 48.1 Å². The predicted octanol–water partition coefficient (Wildman–Crippen LogP) is 3.64. The second-order valence-electron chi connectivity index (χ2n) is 6.00. The monoisotopic (exact) mass is 405 g/mol. The Morgan fingerprint density at radius 2 is 1.96 bits per heavy atom. The van der Waals surface area contributed by atoms with Gasteiger partial charge in [0.05, 0.1) is 25.3 Å². The molecule has 8 nitrogen and oxygen atoms in total. The number of nitro groups is 1. The number of nitrogens with zero attached hydrogens (tertiary/aromatic N) is 2. The summed E-state index contributed by atoms with van der Waals surface area (Å²) in [5.41, 5.74) is 0.500. The zero-order valence-electron chi connectivity index (χ0n) is 14.4. The van der Waals surface area contributed by atoms with E-state index in [1.807, 2.05) is 0 Å². The summed E-state index contributed by atoms with van der Waals surface area (Å²) in [5.74, 6) is -0.510. The highest BCUT2D eigenvalue weighted by atomic mass is 32.2. The van der Waals surface area contributed by atoms with Crippen LogP contribution in [0, 0.1) is 10.1 Å². The van der Waals surface area contributed by atoms with Gasteiger partial charge in [-0.05, 0) is 38.1 Å². The standard InChI is InChI=1S/C17H15N3O5S2/c1-10(2)27(24,25)13-5-3-4-11(8-13)16(21)19-17-18-14-9-12(20(22)23)6-7-15(14)26-17/h3-10H,1-2H3,(H,18,19,21). The molecule has 1 aromatic heterocycles.